The number of carbonyl (C=O) groups excluding carboxylic acids is 2. The highest BCUT2D eigenvalue weighted by atomic mass is 16.5. The second-order valence-electron chi connectivity index (χ2n) is 6.63. The van der Waals surface area contributed by atoms with Crippen molar-refractivity contribution in [3.63, 3.8) is 0 Å². The Hall–Kier alpha value is -3.29. The molecule has 2 aliphatic heterocycles. The molecule has 132 valence electrons. The lowest BCUT2D eigenvalue weighted by molar-refractivity contribution is -0.116. The fourth-order valence-electron chi connectivity index (χ4n) is 3.72. The van der Waals surface area contributed by atoms with Crippen LogP contribution in [-0.2, 0) is 11.2 Å². The number of rotatable bonds is 3. The maximum absolute atomic E-state index is 11.5. The quantitative estimate of drug-likeness (QED) is 0.777. The van der Waals surface area contributed by atoms with Crippen molar-refractivity contribution in [1.29, 1.82) is 0 Å². The van der Waals surface area contributed by atoms with Crippen LogP contribution >= 0.6 is 0 Å². The van der Waals surface area contributed by atoms with Crippen molar-refractivity contribution < 1.29 is 19.1 Å². The highest BCUT2D eigenvalue weighted by molar-refractivity contribution is 5.93. The van der Waals surface area contributed by atoms with Crippen LogP contribution in [0.4, 0.5) is 10.6 Å². The van der Waals surface area contributed by atoms with Gasteiger partial charge in [0.05, 0.1) is 12.0 Å². The number of nitrogens with two attached hydrogens (primary N) is 1. The molecule has 3 heterocycles. The Bertz CT molecular complexity index is 945. The number of nitrogens with zero attached hydrogens (tertiary/aromatic N) is 1. The standard InChI is InChI=1S/C18H16N4O4/c19-18(24)22-15-14-10-7-8(1-3-11(10)26-16(14)15)25-12-5-6-20-17-9(12)2-4-13(23)21-17/h1,3,5-7,14-16H,2,4H2,(H3,19,22,24)(H,20,21,23)/t14-,15-,16-/m0/s1. The van der Waals surface area contributed by atoms with Gasteiger partial charge in [-0.05, 0) is 30.7 Å². The van der Waals surface area contributed by atoms with Gasteiger partial charge < -0.3 is 25.8 Å². The van der Waals surface area contributed by atoms with E-state index in [1.54, 1.807) is 12.3 Å². The molecule has 0 unspecified atom stereocenters. The van der Waals surface area contributed by atoms with Gasteiger partial charge in [-0.15, -0.1) is 0 Å². The lowest BCUT2D eigenvalue weighted by Crippen LogP contribution is -2.34. The van der Waals surface area contributed by atoms with E-state index in [9.17, 15) is 9.59 Å². The molecule has 0 spiro atoms. The van der Waals surface area contributed by atoms with Gasteiger partial charge in [0, 0.05) is 23.7 Å². The van der Waals surface area contributed by atoms with E-state index in [4.69, 9.17) is 15.2 Å². The smallest absolute Gasteiger partial charge is 0.312 e. The second kappa shape index (κ2) is 5.35. The van der Waals surface area contributed by atoms with Gasteiger partial charge in [0.25, 0.3) is 0 Å². The van der Waals surface area contributed by atoms with Gasteiger partial charge in [-0.25, -0.2) is 9.78 Å². The maximum atomic E-state index is 11.5. The van der Waals surface area contributed by atoms with Gasteiger partial charge in [0.15, 0.2) is 0 Å². The molecule has 2 aromatic rings. The SMILES string of the molecule is NC(=O)N[C@@H]1[C@H]2Oc3ccc(Oc4ccnc5c4CCC(=O)N5)cc3[C@@H]12. The molecular weight excluding hydrogens is 336 g/mol. The fourth-order valence-corrected chi connectivity index (χ4v) is 3.72. The molecule has 0 saturated heterocycles. The molecule has 1 aromatic heterocycles. The summed E-state index contributed by atoms with van der Waals surface area (Å²) in [6, 6.07) is 6.79. The van der Waals surface area contributed by atoms with Gasteiger partial charge in [0.1, 0.15) is 29.2 Å². The normalized spacial score (nSPS) is 24.5. The van der Waals surface area contributed by atoms with E-state index < -0.39 is 6.03 Å². The molecule has 8 heteroatoms. The van der Waals surface area contributed by atoms with Crippen LogP contribution in [0, 0.1) is 0 Å². The summed E-state index contributed by atoms with van der Waals surface area (Å²) in [6.07, 6.45) is 2.56. The van der Waals surface area contributed by atoms with E-state index in [2.05, 4.69) is 15.6 Å². The largest absolute Gasteiger partial charge is 0.487 e. The minimum absolute atomic E-state index is 0.0374. The molecule has 4 N–H and O–H groups in total. The molecular formula is C18H16N4O4. The number of hydrogen-bond acceptors (Lipinski definition) is 5. The van der Waals surface area contributed by atoms with Crippen molar-refractivity contribution in [3.8, 4) is 17.2 Å². The molecule has 5 rings (SSSR count). The number of aromatic nitrogens is 1. The predicted octanol–water partition coefficient (Wildman–Crippen LogP) is 1.65. The van der Waals surface area contributed by atoms with E-state index in [0.717, 1.165) is 16.9 Å². The molecule has 8 nitrogen and oxygen atoms in total. The Morgan fingerprint density at radius 3 is 3.08 bits per heavy atom. The molecule has 3 atom stereocenters. The molecule has 3 amide bonds. The minimum Gasteiger partial charge on any atom is -0.487 e. The van der Waals surface area contributed by atoms with E-state index >= 15 is 0 Å². The number of carbonyl (C=O) groups is 2. The van der Waals surface area contributed by atoms with Crippen LogP contribution in [0.15, 0.2) is 30.5 Å². The lowest BCUT2D eigenvalue weighted by atomic mass is 10.1. The average molecular weight is 352 g/mol. The van der Waals surface area contributed by atoms with Gasteiger partial charge in [-0.1, -0.05) is 0 Å². The zero-order valence-corrected chi connectivity index (χ0v) is 13.7. The first kappa shape index (κ1) is 15.0. The fraction of sp³-hybridized carbons (Fsp3) is 0.278. The molecule has 1 fully saturated rings. The van der Waals surface area contributed by atoms with Crippen LogP contribution in [0.2, 0.25) is 0 Å². The predicted molar refractivity (Wildman–Crippen MR) is 91.4 cm³/mol. The van der Waals surface area contributed by atoms with Crippen molar-refractivity contribution in [1.82, 2.24) is 10.3 Å². The van der Waals surface area contributed by atoms with Crippen molar-refractivity contribution in [2.24, 2.45) is 5.73 Å². The number of urea groups is 1. The Morgan fingerprint density at radius 1 is 1.35 bits per heavy atom. The van der Waals surface area contributed by atoms with Crippen LogP contribution in [0.5, 0.6) is 17.2 Å². The number of anilines is 1. The minimum atomic E-state index is -0.549. The number of fused-ring (bicyclic) bond motifs is 4. The third-order valence-corrected chi connectivity index (χ3v) is 4.97. The number of hydrogen-bond donors (Lipinski definition) is 3. The van der Waals surface area contributed by atoms with Gasteiger partial charge in [0.2, 0.25) is 5.91 Å². The van der Waals surface area contributed by atoms with E-state index in [-0.39, 0.29) is 24.0 Å². The Kier molecular flexibility index (Phi) is 3.09. The monoisotopic (exact) mass is 352 g/mol. The Labute approximate surface area is 148 Å². The number of primary amides is 1. The highest BCUT2D eigenvalue weighted by Gasteiger charge is 2.59. The number of pyridine rings is 1. The third kappa shape index (κ3) is 2.33. The Morgan fingerprint density at radius 2 is 2.23 bits per heavy atom. The average Bonchev–Trinajstić information content (AvgIpc) is 3.11. The Balaban J connectivity index is 1.40. The summed E-state index contributed by atoms with van der Waals surface area (Å²) in [5, 5.41) is 5.46. The first-order valence-electron chi connectivity index (χ1n) is 8.42. The van der Waals surface area contributed by atoms with Crippen LogP contribution in [0.3, 0.4) is 0 Å². The van der Waals surface area contributed by atoms with Gasteiger partial charge in [-0.3, -0.25) is 4.79 Å². The van der Waals surface area contributed by atoms with Crippen molar-refractivity contribution in [2.45, 2.75) is 30.9 Å². The first-order chi connectivity index (χ1) is 12.6. The number of ether oxygens (including phenoxy) is 2. The first-order valence-corrected chi connectivity index (χ1v) is 8.42. The molecule has 1 aliphatic carbocycles. The third-order valence-electron chi connectivity index (χ3n) is 4.97. The number of nitrogens with one attached hydrogen (secondary N) is 2. The summed E-state index contributed by atoms with van der Waals surface area (Å²) >= 11 is 0. The zero-order chi connectivity index (χ0) is 17.8. The van der Waals surface area contributed by atoms with Crippen molar-refractivity contribution in [2.75, 3.05) is 5.32 Å². The molecule has 0 bridgehead atoms. The topological polar surface area (TPSA) is 116 Å². The molecule has 26 heavy (non-hydrogen) atoms. The second-order valence-corrected chi connectivity index (χ2v) is 6.63. The van der Waals surface area contributed by atoms with Crippen molar-refractivity contribution in [3.05, 3.63) is 41.6 Å². The number of amides is 3. The van der Waals surface area contributed by atoms with E-state index in [1.165, 1.54) is 0 Å². The van der Waals surface area contributed by atoms with Crippen LogP contribution < -0.4 is 25.8 Å². The zero-order valence-electron chi connectivity index (χ0n) is 13.7. The molecule has 1 aromatic carbocycles. The number of benzene rings is 1. The van der Waals surface area contributed by atoms with Gasteiger partial charge in [-0.2, -0.15) is 0 Å². The summed E-state index contributed by atoms with van der Waals surface area (Å²) in [5.74, 6) is 2.77. The van der Waals surface area contributed by atoms with Crippen molar-refractivity contribution >= 4 is 17.8 Å². The maximum Gasteiger partial charge on any atom is 0.312 e. The summed E-state index contributed by atoms with van der Waals surface area (Å²) in [4.78, 5) is 26.8. The van der Waals surface area contributed by atoms with E-state index in [1.807, 2.05) is 18.2 Å². The van der Waals surface area contributed by atoms with Crippen LogP contribution in [0.25, 0.3) is 0 Å². The summed E-state index contributed by atoms with van der Waals surface area (Å²) in [6.45, 7) is 0. The summed E-state index contributed by atoms with van der Waals surface area (Å²) < 4.78 is 11.9. The van der Waals surface area contributed by atoms with Crippen LogP contribution in [0.1, 0.15) is 23.5 Å². The highest BCUT2D eigenvalue weighted by Crippen LogP contribution is 2.54. The summed E-state index contributed by atoms with van der Waals surface area (Å²) in [5.41, 5.74) is 7.09. The summed E-state index contributed by atoms with van der Waals surface area (Å²) in [7, 11) is 0. The van der Waals surface area contributed by atoms with E-state index in [0.29, 0.717) is 30.2 Å². The lowest BCUT2D eigenvalue weighted by Gasteiger charge is -2.19. The molecule has 1 saturated carbocycles. The van der Waals surface area contributed by atoms with Gasteiger partial charge >= 0.3 is 6.03 Å². The molecule has 0 radical (unpaired) electrons. The van der Waals surface area contributed by atoms with Crippen LogP contribution in [-0.4, -0.2) is 29.1 Å². The molecule has 3 aliphatic rings.